The number of nitrogens with zero attached hydrogens (tertiary/aromatic N) is 24. The molecule has 0 aliphatic carbocycles. The zero-order valence-electron chi connectivity index (χ0n) is 81.0. The Hall–Kier alpha value is -17.2. The van der Waals surface area contributed by atoms with E-state index in [1.54, 1.807) is 37.2 Å². The van der Waals surface area contributed by atoms with Crippen LogP contribution >= 0.6 is 0 Å². The maximum absolute atomic E-state index is 4.78. The zero-order valence-corrected chi connectivity index (χ0v) is 88.2. The van der Waals surface area contributed by atoms with E-state index in [2.05, 4.69) is 213 Å². The smallest absolute Gasteiger partial charge is 0.158 e. The van der Waals surface area contributed by atoms with Crippen molar-refractivity contribution in [2.75, 3.05) is 76.0 Å². The Morgan fingerprint density at radius 3 is 0.826 bits per heavy atom. The molecule has 1 unspecified atom stereocenters. The molecule has 0 fully saturated rings. The van der Waals surface area contributed by atoms with Crippen molar-refractivity contribution in [1.29, 1.82) is 0 Å². The summed E-state index contributed by atoms with van der Waals surface area (Å²) >= 11 is 0. The molecule has 0 bridgehead atoms. The van der Waals surface area contributed by atoms with Gasteiger partial charge in [-0.25, -0.2) is 34.9 Å². The van der Waals surface area contributed by atoms with Crippen molar-refractivity contribution in [2.24, 2.45) is 15.3 Å². The first-order valence-corrected chi connectivity index (χ1v) is 47.8. The summed E-state index contributed by atoms with van der Waals surface area (Å²) in [5, 5.41) is 19.9. The summed E-state index contributed by atoms with van der Waals surface area (Å²) in [6.07, 6.45) is 13.6. The van der Waals surface area contributed by atoms with Gasteiger partial charge >= 0.3 is 0 Å². The molecule has 8 aliphatic rings. The monoisotopic (exact) mass is 2480 g/mol. The first-order chi connectivity index (χ1) is 72.2. The Balaban J connectivity index is 0.000000113. The number of amidine groups is 3. The van der Waals surface area contributed by atoms with Crippen molar-refractivity contribution >= 4 is 132 Å². The fraction of sp³-hybridized carbons (Fsp3) is 0.0492. The molecule has 149 heavy (non-hydrogen) atoms. The first kappa shape index (κ1) is 102. The van der Waals surface area contributed by atoms with Crippen LogP contribution in [0.5, 0.6) is 0 Å². The van der Waals surface area contributed by atoms with E-state index in [0.717, 1.165) is 144 Å². The van der Waals surface area contributed by atoms with Gasteiger partial charge in [-0.2, -0.15) is 179 Å². The number of anilines is 20. The molecule has 19 aromatic rings. The largest absolute Gasteiger partial charge is 0.487 e. The average Bonchev–Trinajstić information content (AvgIpc) is 1.57. The minimum Gasteiger partial charge on any atom is -0.487 e. The Morgan fingerprint density at radius 2 is 0.503 bits per heavy atom. The fourth-order valence-corrected chi connectivity index (χ4v) is 17.5. The number of hydrazone groups is 3. The second kappa shape index (κ2) is 49.2. The predicted molar refractivity (Wildman–Crippen MR) is 587 cm³/mol. The van der Waals surface area contributed by atoms with E-state index in [1.807, 2.05) is 419 Å². The Bertz CT molecular complexity index is 6950. The van der Waals surface area contributed by atoms with E-state index >= 15 is 0 Å². The van der Waals surface area contributed by atoms with E-state index in [-0.39, 0.29) is 60.3 Å². The third-order valence-corrected chi connectivity index (χ3v) is 24.2. The van der Waals surface area contributed by atoms with Gasteiger partial charge in [0.1, 0.15) is 58.6 Å². The molecule has 27 rings (SSSR count). The summed E-state index contributed by atoms with van der Waals surface area (Å²) in [6, 6.07) is 161. The van der Waals surface area contributed by atoms with Gasteiger partial charge in [0.2, 0.25) is 0 Å². The minimum atomic E-state index is 0. The van der Waals surface area contributed by atoms with Crippen LogP contribution in [0, 0.1) is 76.4 Å². The standard InChI is InChI=1S/3C20H15N3.2C17H12N4.C16H17N3.C12H10N4.3Ir/c3*1-4-10-17(11-5-1)20-21-23(19-14-8-3-9-15-19)16-22(20)18-12-6-2-7-13-18;2*1-3-7-14(8-4-1)20-13-21(15-9-5-2-6-10-15)17-16(20)18-11-12-19-17;1-11(2)18-14-8-5-9-17-16(14)19-13-7-4-3-6-12(13)10-15(18)19;1-15-9-16(10-5-3-2-4-6-10)12-11(15)13-7-8-14-12;;;/h3*1-14,16H;2*1-9,11-13H;3-9,11,15H,10H2,1-2H3;2-5,7-9H,1H3;;;/q5*-2;;-2;;;. The predicted octanol–water partition coefficient (Wildman–Crippen LogP) is 25.6. The molecule has 4 aromatic heterocycles. The molecule has 1 atom stereocenters. The maximum atomic E-state index is 4.78. The van der Waals surface area contributed by atoms with Gasteiger partial charge in [-0.3, -0.25) is 0 Å². The molecule has 15 aromatic carbocycles. The SMILES string of the molecule is CC(C)N1c2cccnc2N2c3ccccc3CC21.CN1[CH-]N(c2[c-]cccc2)c2nccnc21.[Ir].[Ir].[Ir].[c-]1ccccc1N1[CH-]N(c2ccccc2)C(c2ccccc2)=N1.[c-]1ccccc1N1[CH-]N(c2ccccc2)C(c2ccccc2)=N1.[c-]1ccccc1N1[CH-]N(c2ccccc2)C(c2ccccc2)=N1.[c-]1ccccc1N1[CH-]N(c2ccccc2)c2nccnc21.[c-]1ccccc1N1[CH-]N(c2ccccc2)c2nccnc21. The summed E-state index contributed by atoms with van der Waals surface area (Å²) in [5.41, 5.74) is 18.2. The summed E-state index contributed by atoms with van der Waals surface area (Å²) in [6.45, 7) is 16.4. The van der Waals surface area contributed by atoms with E-state index in [0.29, 0.717) is 12.2 Å². The van der Waals surface area contributed by atoms with E-state index in [9.17, 15) is 0 Å². The first-order valence-electron chi connectivity index (χ1n) is 47.8. The third-order valence-electron chi connectivity index (χ3n) is 24.2. The number of para-hydroxylation sites is 12. The number of benzene rings is 15. The molecular formula is C122H96Ir3N24-12. The molecule has 743 valence electrons. The van der Waals surface area contributed by atoms with Gasteiger partial charge < -0.3 is 68.9 Å². The molecule has 0 spiro atoms. The van der Waals surface area contributed by atoms with Gasteiger partial charge in [-0.15, -0.1) is 75.3 Å². The number of fused-ring (bicyclic) bond motifs is 8. The van der Waals surface area contributed by atoms with Crippen LogP contribution < -0.4 is 68.9 Å². The number of hydrogen-bond acceptors (Lipinski definition) is 24. The van der Waals surface area contributed by atoms with Crippen LogP contribution in [0.4, 0.5) is 115 Å². The minimum absolute atomic E-state index is 0. The van der Waals surface area contributed by atoms with Crippen molar-refractivity contribution < 1.29 is 60.3 Å². The van der Waals surface area contributed by atoms with Gasteiger partial charge in [0.15, 0.2) is 5.82 Å². The van der Waals surface area contributed by atoms with Crippen molar-refractivity contribution in [3.8, 4) is 0 Å². The molecule has 3 radical (unpaired) electrons. The van der Waals surface area contributed by atoms with Crippen LogP contribution in [-0.2, 0) is 66.7 Å². The van der Waals surface area contributed by atoms with Crippen LogP contribution in [0.1, 0.15) is 36.1 Å². The number of aromatic nitrogens is 7. The molecule has 0 saturated heterocycles. The Labute approximate surface area is 910 Å². The molecule has 0 saturated carbocycles. The molecule has 12 heterocycles. The normalized spacial score (nSPS) is 14.3. The molecular weight excluding hydrogens is 2380 g/mol. The summed E-state index contributed by atoms with van der Waals surface area (Å²) < 4.78 is 0. The van der Waals surface area contributed by atoms with Gasteiger partial charge in [0.25, 0.3) is 0 Å². The van der Waals surface area contributed by atoms with E-state index in [4.69, 9.17) is 15.3 Å². The molecule has 8 aliphatic heterocycles. The van der Waals surface area contributed by atoms with Crippen molar-refractivity contribution in [3.63, 3.8) is 0 Å². The van der Waals surface area contributed by atoms with Gasteiger partial charge in [0, 0.05) is 167 Å². The third kappa shape index (κ3) is 23.2. The number of hydrogen-bond donors (Lipinski definition) is 0. The number of rotatable bonds is 15. The van der Waals surface area contributed by atoms with Crippen LogP contribution in [0.25, 0.3) is 0 Å². The second-order valence-electron chi connectivity index (χ2n) is 34.0. The van der Waals surface area contributed by atoms with Crippen LogP contribution in [0.15, 0.2) is 483 Å². The Morgan fingerprint density at radius 1 is 0.242 bits per heavy atom. The summed E-state index contributed by atoms with van der Waals surface area (Å²) in [5.74, 6) is 8.75. The average molecular weight is 2470 g/mol. The van der Waals surface area contributed by atoms with Gasteiger partial charge in [-0.1, -0.05) is 217 Å². The molecule has 24 nitrogen and oxygen atoms in total. The number of pyridine rings is 1. The van der Waals surface area contributed by atoms with E-state index < -0.39 is 0 Å². The Kier molecular flexibility index (Phi) is 33.6. The molecule has 27 heteroatoms. The summed E-state index contributed by atoms with van der Waals surface area (Å²) in [4.78, 5) is 54.3. The second-order valence-corrected chi connectivity index (χ2v) is 34.0. The summed E-state index contributed by atoms with van der Waals surface area (Å²) in [7, 11) is 1.95. The molecule has 0 N–H and O–H groups in total. The van der Waals surface area contributed by atoms with Crippen LogP contribution in [-0.4, -0.2) is 71.6 Å². The quantitative estimate of drug-likeness (QED) is 0.0886. The van der Waals surface area contributed by atoms with E-state index in [1.165, 1.54) is 16.9 Å². The van der Waals surface area contributed by atoms with Crippen LogP contribution in [0.2, 0.25) is 0 Å². The van der Waals surface area contributed by atoms with Crippen molar-refractivity contribution in [2.45, 2.75) is 32.5 Å². The fourth-order valence-electron chi connectivity index (χ4n) is 17.5. The van der Waals surface area contributed by atoms with Gasteiger partial charge in [0.05, 0.1) is 5.69 Å². The topological polar surface area (TPSA) is 173 Å². The van der Waals surface area contributed by atoms with Crippen molar-refractivity contribution in [1.82, 2.24) is 34.9 Å². The molecule has 0 amide bonds. The maximum Gasteiger partial charge on any atom is 0.158 e. The van der Waals surface area contributed by atoms with Crippen molar-refractivity contribution in [3.05, 3.63) is 567 Å². The zero-order chi connectivity index (χ0) is 98.5. The van der Waals surface area contributed by atoms with Gasteiger partial charge in [-0.05, 0) is 105 Å². The van der Waals surface area contributed by atoms with Crippen LogP contribution in [0.3, 0.4) is 0 Å².